The predicted octanol–water partition coefficient (Wildman–Crippen LogP) is 3.49. The Kier molecular flexibility index (Phi) is 8.17. The Hall–Kier alpha value is -3.69. The fraction of sp³-hybridized carbons (Fsp3) is 0.435. The molecule has 0 saturated heterocycles. The lowest BCUT2D eigenvalue weighted by Crippen LogP contribution is -2.26. The van der Waals surface area contributed by atoms with Crippen LogP contribution in [-0.2, 0) is 9.53 Å². The number of hydrogen-bond donors (Lipinski definition) is 2. The largest absolute Gasteiger partial charge is 0.477 e. The lowest BCUT2D eigenvalue weighted by Gasteiger charge is -2.19. The van der Waals surface area contributed by atoms with E-state index < -0.39 is 0 Å². The smallest absolute Gasteiger partial charge is 0.261 e. The van der Waals surface area contributed by atoms with Crippen LogP contribution >= 0.6 is 0 Å². The molecule has 2 N–H and O–H groups in total. The van der Waals surface area contributed by atoms with Crippen molar-refractivity contribution in [2.75, 3.05) is 11.9 Å². The number of pyridine rings is 1. The normalized spacial score (nSPS) is 21.7. The van der Waals surface area contributed by atoms with Crippen molar-refractivity contribution >= 4 is 30.1 Å². The van der Waals surface area contributed by atoms with Gasteiger partial charge < -0.3 is 20.0 Å². The molecule has 3 rings (SSSR count). The second-order valence-corrected chi connectivity index (χ2v) is 7.85. The molecule has 0 saturated carbocycles. The van der Waals surface area contributed by atoms with Crippen LogP contribution in [0.2, 0.25) is 0 Å². The third kappa shape index (κ3) is 5.97. The Labute approximate surface area is 193 Å². The van der Waals surface area contributed by atoms with Gasteiger partial charge in [0.15, 0.2) is 5.82 Å². The summed E-state index contributed by atoms with van der Waals surface area (Å²) in [6.07, 6.45) is 7.51. The molecule has 2 unspecified atom stereocenters. The number of hydrogen-bond acceptors (Lipinski definition) is 8. The maximum atomic E-state index is 13.1. The van der Waals surface area contributed by atoms with Crippen LogP contribution in [0, 0.1) is 5.41 Å². The molecular formula is C23H30N8O2. The molecule has 10 nitrogen and oxygen atoms in total. The number of allylic oxidation sites excluding steroid dienone is 1. The van der Waals surface area contributed by atoms with Crippen LogP contribution < -0.4 is 5.32 Å². The molecule has 0 spiro atoms. The number of nitrogens with zero attached hydrogens (tertiary/aromatic N) is 6. The SMILES string of the molecule is C/C=C1/C(=O)Nc2cccc(n2)-c2nncn2[C@@H](C)CCCO/C1=N/C(C)C(C)/N=C\C=N. The first-order valence-corrected chi connectivity index (χ1v) is 11.0. The number of fused-ring (bicyclic) bond motifs is 4. The number of rotatable bonds is 4. The van der Waals surface area contributed by atoms with Gasteiger partial charge in [-0.15, -0.1) is 10.2 Å². The highest BCUT2D eigenvalue weighted by Crippen LogP contribution is 2.23. The zero-order valence-electron chi connectivity index (χ0n) is 19.4. The topological polar surface area (TPSA) is 131 Å². The Balaban J connectivity index is 1.97. The number of aromatic nitrogens is 4. The molecule has 0 aliphatic carbocycles. The number of nitrogens with one attached hydrogen (secondary N) is 2. The van der Waals surface area contributed by atoms with E-state index in [2.05, 4.69) is 37.4 Å². The molecule has 174 valence electrons. The molecule has 3 atom stereocenters. The van der Waals surface area contributed by atoms with E-state index in [1.165, 1.54) is 6.21 Å². The zero-order valence-corrected chi connectivity index (χ0v) is 19.4. The van der Waals surface area contributed by atoms with Crippen molar-refractivity contribution in [1.82, 2.24) is 19.7 Å². The summed E-state index contributed by atoms with van der Waals surface area (Å²) in [5.41, 5.74) is 0.957. The molecule has 0 radical (unpaired) electrons. The van der Waals surface area contributed by atoms with Gasteiger partial charge in [0.05, 0.1) is 24.3 Å². The zero-order chi connectivity index (χ0) is 23.8. The molecule has 10 heteroatoms. The molecule has 3 heterocycles. The quantitative estimate of drug-likeness (QED) is 0.544. The molecular weight excluding hydrogens is 420 g/mol. The maximum Gasteiger partial charge on any atom is 0.261 e. The third-order valence-electron chi connectivity index (χ3n) is 5.45. The number of carbonyl (C=O) groups excluding carboxylic acids is 1. The van der Waals surface area contributed by atoms with Crippen LogP contribution in [0.25, 0.3) is 11.5 Å². The van der Waals surface area contributed by atoms with Crippen LogP contribution in [0.1, 0.15) is 46.6 Å². The van der Waals surface area contributed by atoms with Gasteiger partial charge in [0.1, 0.15) is 17.8 Å². The Morgan fingerprint density at radius 2 is 2.15 bits per heavy atom. The predicted molar refractivity (Wildman–Crippen MR) is 129 cm³/mol. The van der Waals surface area contributed by atoms with Gasteiger partial charge in [-0.05, 0) is 52.7 Å². The van der Waals surface area contributed by atoms with Gasteiger partial charge in [-0.1, -0.05) is 12.1 Å². The number of carbonyl (C=O) groups is 1. The van der Waals surface area contributed by atoms with Gasteiger partial charge >= 0.3 is 0 Å². The summed E-state index contributed by atoms with van der Waals surface area (Å²) in [6.45, 7) is 8.08. The van der Waals surface area contributed by atoms with Gasteiger partial charge in [0.25, 0.3) is 5.91 Å². The first-order chi connectivity index (χ1) is 15.9. The van der Waals surface area contributed by atoms with E-state index in [0.29, 0.717) is 29.5 Å². The lowest BCUT2D eigenvalue weighted by atomic mass is 10.1. The monoisotopic (exact) mass is 450 g/mol. The summed E-state index contributed by atoms with van der Waals surface area (Å²) in [5, 5.41) is 18.3. The molecule has 1 amide bonds. The minimum atomic E-state index is -0.365. The van der Waals surface area contributed by atoms with Crippen molar-refractivity contribution < 1.29 is 9.53 Å². The van der Waals surface area contributed by atoms with E-state index in [0.717, 1.165) is 19.1 Å². The van der Waals surface area contributed by atoms with Gasteiger partial charge in [-0.2, -0.15) is 0 Å². The van der Waals surface area contributed by atoms with Gasteiger partial charge in [0.2, 0.25) is 5.90 Å². The molecule has 0 aromatic carbocycles. The standard InChI is InChI=1S/C23H30N8O2/c1-5-18-22(32)29-20-10-6-9-19(28-20)21-30-26-14-31(21)15(2)8-7-13-33-23(18)27-17(4)16(3)25-12-11-24/h5-6,9-12,14-17,24H,7-8,13H2,1-4H3,(H,28,29,32)/b18-5-,24-11?,25-12-,27-23+/t15-,16?,17?/m0/s1. The Morgan fingerprint density at radius 3 is 2.91 bits per heavy atom. The van der Waals surface area contributed by atoms with Crippen LogP contribution in [0.3, 0.4) is 0 Å². The molecule has 2 aromatic rings. The van der Waals surface area contributed by atoms with Gasteiger partial charge in [0, 0.05) is 18.5 Å². The maximum absolute atomic E-state index is 13.1. The highest BCUT2D eigenvalue weighted by molar-refractivity contribution is 6.22. The summed E-state index contributed by atoms with van der Waals surface area (Å²) in [5.74, 6) is 0.951. The summed E-state index contributed by atoms with van der Waals surface area (Å²) >= 11 is 0. The van der Waals surface area contributed by atoms with Crippen molar-refractivity contribution in [3.05, 3.63) is 36.2 Å². The number of aliphatic imine (C=N–C) groups is 2. The Bertz CT molecular complexity index is 1070. The highest BCUT2D eigenvalue weighted by Gasteiger charge is 2.22. The van der Waals surface area contributed by atoms with Crippen LogP contribution in [0.4, 0.5) is 5.82 Å². The minimum Gasteiger partial charge on any atom is -0.477 e. The number of anilines is 1. The molecule has 1 aliphatic heterocycles. The number of ether oxygens (including phenoxy) is 1. The molecule has 2 bridgehead atoms. The van der Waals surface area contributed by atoms with Gasteiger partial charge in [-0.3, -0.25) is 9.79 Å². The first kappa shape index (κ1) is 24.0. The second-order valence-electron chi connectivity index (χ2n) is 7.85. The third-order valence-corrected chi connectivity index (χ3v) is 5.45. The van der Waals surface area contributed by atoms with Crippen LogP contribution in [0.15, 0.2) is 46.2 Å². The first-order valence-electron chi connectivity index (χ1n) is 11.0. The summed E-state index contributed by atoms with van der Waals surface area (Å²) in [4.78, 5) is 26.6. The van der Waals surface area contributed by atoms with E-state index in [1.54, 1.807) is 25.4 Å². The molecule has 2 aromatic heterocycles. The van der Waals surface area contributed by atoms with Crippen molar-refractivity contribution in [3.8, 4) is 11.5 Å². The summed E-state index contributed by atoms with van der Waals surface area (Å²) < 4.78 is 8.01. The van der Waals surface area contributed by atoms with Crippen molar-refractivity contribution in [1.29, 1.82) is 5.41 Å². The average molecular weight is 451 g/mol. The molecule has 0 fully saturated rings. The van der Waals surface area contributed by atoms with E-state index >= 15 is 0 Å². The second kappa shape index (κ2) is 11.3. The van der Waals surface area contributed by atoms with E-state index in [9.17, 15) is 4.79 Å². The van der Waals surface area contributed by atoms with Crippen molar-refractivity contribution in [2.24, 2.45) is 9.98 Å². The summed E-state index contributed by atoms with van der Waals surface area (Å²) in [7, 11) is 0. The van der Waals surface area contributed by atoms with Crippen molar-refractivity contribution in [2.45, 2.75) is 58.7 Å². The molecule has 33 heavy (non-hydrogen) atoms. The van der Waals surface area contributed by atoms with E-state index in [1.807, 2.05) is 30.5 Å². The molecule has 1 aliphatic rings. The van der Waals surface area contributed by atoms with Gasteiger partial charge in [-0.25, -0.2) is 9.98 Å². The average Bonchev–Trinajstić information content (AvgIpc) is 3.30. The van der Waals surface area contributed by atoms with Crippen LogP contribution in [0.5, 0.6) is 0 Å². The highest BCUT2D eigenvalue weighted by atomic mass is 16.5. The number of amides is 1. The van der Waals surface area contributed by atoms with E-state index in [-0.39, 0.29) is 29.9 Å². The minimum absolute atomic E-state index is 0.137. The van der Waals surface area contributed by atoms with Crippen LogP contribution in [-0.4, -0.2) is 62.7 Å². The Morgan fingerprint density at radius 1 is 1.33 bits per heavy atom. The fourth-order valence-electron chi connectivity index (χ4n) is 3.38. The van der Waals surface area contributed by atoms with Crippen molar-refractivity contribution in [3.63, 3.8) is 0 Å². The fourth-order valence-corrected chi connectivity index (χ4v) is 3.38. The van der Waals surface area contributed by atoms with E-state index in [4.69, 9.17) is 10.1 Å². The lowest BCUT2D eigenvalue weighted by molar-refractivity contribution is -0.112. The summed E-state index contributed by atoms with van der Waals surface area (Å²) in [6, 6.07) is 5.09.